The molecule has 3 heteroatoms. The first-order valence-corrected chi connectivity index (χ1v) is 4.71. The maximum absolute atomic E-state index is 7.07. The number of rotatable bonds is 3. The van der Waals surface area contributed by atoms with Crippen molar-refractivity contribution in [2.75, 3.05) is 13.8 Å². The number of hydrogen-bond donors (Lipinski definition) is 1. The van der Waals surface area contributed by atoms with Gasteiger partial charge in [0, 0.05) is 7.41 Å². The van der Waals surface area contributed by atoms with Crippen molar-refractivity contribution in [2.24, 2.45) is 0 Å². The van der Waals surface area contributed by atoms with Gasteiger partial charge in [-0.2, -0.15) is 0 Å². The molecule has 1 aliphatic heterocycles. The molecule has 0 radical (unpaired) electrons. The van der Waals surface area contributed by atoms with Gasteiger partial charge in [-0.1, -0.05) is 6.07 Å². The molecule has 1 aliphatic rings. The molecule has 0 saturated carbocycles. The van der Waals surface area contributed by atoms with E-state index < -0.39 is 0 Å². The zero-order valence-corrected chi connectivity index (χ0v) is 8.25. The molecule has 1 N–H and O–H groups in total. The van der Waals surface area contributed by atoms with E-state index in [-0.39, 0.29) is 7.02 Å². The molecule has 0 fully saturated rings. The van der Waals surface area contributed by atoms with Gasteiger partial charge >= 0.3 is 0 Å². The quantitative estimate of drug-likeness (QED) is 0.792. The largest absolute Gasteiger partial charge is 0.454 e. The summed E-state index contributed by atoms with van der Waals surface area (Å²) in [6, 6.07) is 6.29. The Morgan fingerprint density at radius 2 is 2.36 bits per heavy atom. The predicted molar refractivity (Wildman–Crippen MR) is 54.8 cm³/mol. The third kappa shape index (κ3) is 1.82. The topological polar surface area (TPSA) is 30.5 Å². The van der Waals surface area contributed by atoms with E-state index in [0.29, 0.717) is 12.8 Å². The minimum Gasteiger partial charge on any atom is -0.454 e. The van der Waals surface area contributed by atoms with E-state index >= 15 is 0 Å². The lowest BCUT2D eigenvalue weighted by molar-refractivity contribution is 0.174. The van der Waals surface area contributed by atoms with Gasteiger partial charge in [-0.05, 0) is 38.1 Å². The fourth-order valence-electron chi connectivity index (χ4n) is 1.49. The second kappa shape index (κ2) is 3.88. The lowest BCUT2D eigenvalue weighted by Crippen LogP contribution is -2.23. The fourth-order valence-corrected chi connectivity index (χ4v) is 1.49. The molecule has 1 aromatic rings. The average Bonchev–Trinajstić information content (AvgIpc) is 2.65. The number of nitrogens with one attached hydrogen (secondary N) is 1. The summed E-state index contributed by atoms with van der Waals surface area (Å²) in [6.45, 7) is 2.39. The number of benzene rings is 1. The number of likely N-dealkylation sites (N-methyl/N-ethyl adjacent to an activating group) is 1. The molecular formula is C11H15NO2. The molecule has 3 nitrogen and oxygen atoms in total. The standard InChI is InChI=1S/C11H15NO2/c1-8(12-2)5-9-3-4-10-11(6-9)14-7-13-10/h3-4,6,8,12H,5,7H2,1-2H3/i2D. The molecule has 14 heavy (non-hydrogen) atoms. The van der Waals surface area contributed by atoms with Crippen molar-refractivity contribution in [1.29, 1.82) is 0 Å². The van der Waals surface area contributed by atoms with E-state index in [1.807, 2.05) is 18.2 Å². The van der Waals surface area contributed by atoms with Gasteiger partial charge in [0.05, 0.1) is 0 Å². The van der Waals surface area contributed by atoms with E-state index in [9.17, 15) is 0 Å². The van der Waals surface area contributed by atoms with E-state index in [2.05, 4.69) is 12.2 Å². The Morgan fingerprint density at radius 1 is 1.50 bits per heavy atom. The highest BCUT2D eigenvalue weighted by Gasteiger charge is 2.13. The molecule has 0 spiro atoms. The summed E-state index contributed by atoms with van der Waals surface area (Å²) in [4.78, 5) is 0. The van der Waals surface area contributed by atoms with Crippen molar-refractivity contribution >= 4 is 0 Å². The fraction of sp³-hybridized carbons (Fsp3) is 0.455. The summed E-state index contributed by atoms with van der Waals surface area (Å²) in [5, 5.41) is 3.06. The van der Waals surface area contributed by atoms with Crippen molar-refractivity contribution in [2.45, 2.75) is 19.4 Å². The van der Waals surface area contributed by atoms with Crippen LogP contribution in [0.5, 0.6) is 11.5 Å². The Morgan fingerprint density at radius 3 is 3.21 bits per heavy atom. The predicted octanol–water partition coefficient (Wildman–Crippen LogP) is 1.57. The normalized spacial score (nSPS) is 16.5. The summed E-state index contributed by atoms with van der Waals surface area (Å²) in [5.74, 6) is 1.64. The first-order valence-electron chi connectivity index (χ1n) is 5.41. The molecular weight excluding hydrogens is 178 g/mol. The SMILES string of the molecule is [2H]CNC(C)Cc1ccc2c(c1)OCO2. The molecule has 1 aromatic carbocycles. The lowest BCUT2D eigenvalue weighted by atomic mass is 10.1. The minimum atomic E-state index is 0.256. The van der Waals surface area contributed by atoms with Gasteiger partial charge in [0.1, 0.15) is 0 Å². The van der Waals surface area contributed by atoms with E-state index in [4.69, 9.17) is 10.8 Å². The van der Waals surface area contributed by atoms with Crippen LogP contribution in [0.4, 0.5) is 0 Å². The molecule has 1 heterocycles. The van der Waals surface area contributed by atoms with E-state index in [0.717, 1.165) is 17.9 Å². The van der Waals surface area contributed by atoms with Crippen molar-refractivity contribution in [3.63, 3.8) is 0 Å². The monoisotopic (exact) mass is 194 g/mol. The highest BCUT2D eigenvalue weighted by Crippen LogP contribution is 2.32. The Balaban J connectivity index is 2.03. The van der Waals surface area contributed by atoms with Crippen molar-refractivity contribution in [1.82, 2.24) is 5.32 Å². The van der Waals surface area contributed by atoms with Crippen LogP contribution in [0.3, 0.4) is 0 Å². The van der Waals surface area contributed by atoms with Crippen LogP contribution < -0.4 is 14.8 Å². The van der Waals surface area contributed by atoms with Gasteiger partial charge < -0.3 is 14.8 Å². The van der Waals surface area contributed by atoms with Crippen molar-refractivity contribution in [3.8, 4) is 11.5 Å². The maximum Gasteiger partial charge on any atom is 0.231 e. The molecule has 0 amide bonds. The zero-order chi connectivity index (χ0) is 10.7. The van der Waals surface area contributed by atoms with Gasteiger partial charge in [0.15, 0.2) is 11.5 Å². The maximum atomic E-state index is 7.07. The Labute approximate surface area is 85.4 Å². The molecule has 2 rings (SSSR count). The highest BCUT2D eigenvalue weighted by atomic mass is 16.7. The molecule has 0 aromatic heterocycles. The van der Waals surface area contributed by atoms with Gasteiger partial charge in [-0.25, -0.2) is 0 Å². The van der Waals surface area contributed by atoms with Crippen LogP contribution in [0.2, 0.25) is 0 Å². The van der Waals surface area contributed by atoms with Crippen LogP contribution in [-0.2, 0) is 6.42 Å². The van der Waals surface area contributed by atoms with Crippen LogP contribution in [0, 0.1) is 0 Å². The highest BCUT2D eigenvalue weighted by molar-refractivity contribution is 5.44. The third-order valence-electron chi connectivity index (χ3n) is 2.33. The summed E-state index contributed by atoms with van der Waals surface area (Å²) in [6.07, 6.45) is 0.898. The lowest BCUT2D eigenvalue weighted by Gasteiger charge is -2.09. The summed E-state index contributed by atoms with van der Waals surface area (Å²) in [7, 11) is 0.256. The van der Waals surface area contributed by atoms with Crippen LogP contribution in [0.25, 0.3) is 0 Å². The van der Waals surface area contributed by atoms with Crippen molar-refractivity contribution in [3.05, 3.63) is 23.8 Å². The molecule has 1 atom stereocenters. The number of hydrogen-bond acceptors (Lipinski definition) is 3. The Kier molecular flexibility index (Phi) is 2.25. The van der Waals surface area contributed by atoms with Crippen LogP contribution in [-0.4, -0.2) is 19.9 Å². The Bertz CT molecular complexity index is 343. The van der Waals surface area contributed by atoms with Gasteiger partial charge in [-0.15, -0.1) is 0 Å². The molecule has 1 unspecified atom stereocenters. The zero-order valence-electron chi connectivity index (χ0n) is 9.25. The molecule has 76 valence electrons. The average molecular weight is 194 g/mol. The minimum absolute atomic E-state index is 0.256. The van der Waals surface area contributed by atoms with E-state index in [1.165, 1.54) is 5.56 Å². The van der Waals surface area contributed by atoms with Gasteiger partial charge in [0.25, 0.3) is 0 Å². The third-order valence-corrected chi connectivity index (χ3v) is 2.33. The van der Waals surface area contributed by atoms with Crippen molar-refractivity contribution < 1.29 is 10.8 Å². The van der Waals surface area contributed by atoms with Crippen LogP contribution in [0.15, 0.2) is 18.2 Å². The number of ether oxygens (including phenoxy) is 2. The van der Waals surface area contributed by atoms with Crippen LogP contribution >= 0.6 is 0 Å². The smallest absolute Gasteiger partial charge is 0.231 e. The van der Waals surface area contributed by atoms with Crippen LogP contribution in [0.1, 0.15) is 13.9 Å². The molecule has 0 saturated heterocycles. The van der Waals surface area contributed by atoms with Gasteiger partial charge in [-0.3, -0.25) is 0 Å². The first-order chi connectivity index (χ1) is 7.29. The Hall–Kier alpha value is -1.22. The number of fused-ring (bicyclic) bond motifs is 1. The van der Waals surface area contributed by atoms with Gasteiger partial charge in [0.2, 0.25) is 6.79 Å². The molecule has 0 aliphatic carbocycles. The summed E-state index contributed by atoms with van der Waals surface area (Å²) >= 11 is 0. The van der Waals surface area contributed by atoms with E-state index in [1.54, 1.807) is 0 Å². The first kappa shape index (κ1) is 8.12. The second-order valence-electron chi connectivity index (χ2n) is 3.50. The second-order valence-corrected chi connectivity index (χ2v) is 3.50. The molecule has 0 bridgehead atoms. The summed E-state index contributed by atoms with van der Waals surface area (Å²) in [5.41, 5.74) is 1.20. The summed E-state index contributed by atoms with van der Waals surface area (Å²) < 4.78 is 17.6.